The standard InChI is InChI=1S/C17H21N3.2ClH/c18-16-6-4-5-15(13-16)14-19-9-11-20(12-10-19)17-7-2-1-3-8-17;;/h1-8,13H,9-12,14,18H2;2*1H. The molecule has 0 aliphatic carbocycles. The van der Waals surface area contributed by atoms with Crippen molar-refractivity contribution in [1.29, 1.82) is 0 Å². The second kappa shape index (κ2) is 8.89. The fraction of sp³-hybridized carbons (Fsp3) is 0.294. The summed E-state index contributed by atoms with van der Waals surface area (Å²) in [6.45, 7) is 5.37. The molecule has 3 nitrogen and oxygen atoms in total. The van der Waals surface area contributed by atoms with Crippen LogP contribution in [0.25, 0.3) is 0 Å². The lowest BCUT2D eigenvalue weighted by Crippen LogP contribution is -2.45. The number of rotatable bonds is 3. The number of nitrogens with zero attached hydrogens (tertiary/aromatic N) is 2. The van der Waals surface area contributed by atoms with Gasteiger partial charge in [-0.05, 0) is 29.8 Å². The highest BCUT2D eigenvalue weighted by molar-refractivity contribution is 5.85. The maximum atomic E-state index is 5.84. The van der Waals surface area contributed by atoms with Crippen molar-refractivity contribution in [3.63, 3.8) is 0 Å². The van der Waals surface area contributed by atoms with Crippen LogP contribution >= 0.6 is 24.8 Å². The normalized spacial score (nSPS) is 14.8. The van der Waals surface area contributed by atoms with Crippen molar-refractivity contribution >= 4 is 36.2 Å². The third-order valence-electron chi connectivity index (χ3n) is 3.85. The molecule has 2 aromatic rings. The fourth-order valence-electron chi connectivity index (χ4n) is 2.75. The molecule has 1 aliphatic rings. The fourth-order valence-corrected chi connectivity index (χ4v) is 2.75. The number of piperazine rings is 1. The zero-order valence-electron chi connectivity index (χ0n) is 12.5. The summed E-state index contributed by atoms with van der Waals surface area (Å²) in [6, 6.07) is 18.9. The van der Waals surface area contributed by atoms with E-state index in [0.29, 0.717) is 0 Å². The van der Waals surface area contributed by atoms with E-state index in [-0.39, 0.29) is 24.8 Å². The molecule has 22 heavy (non-hydrogen) atoms. The average Bonchev–Trinajstić information content (AvgIpc) is 2.49. The Hall–Kier alpha value is -1.42. The van der Waals surface area contributed by atoms with Crippen molar-refractivity contribution in [1.82, 2.24) is 4.90 Å². The van der Waals surface area contributed by atoms with Crippen LogP contribution in [0.2, 0.25) is 0 Å². The van der Waals surface area contributed by atoms with Crippen molar-refractivity contribution in [2.75, 3.05) is 36.8 Å². The molecule has 0 amide bonds. The maximum Gasteiger partial charge on any atom is 0.0367 e. The second-order valence-electron chi connectivity index (χ2n) is 5.34. The Labute approximate surface area is 144 Å². The van der Waals surface area contributed by atoms with E-state index in [2.05, 4.69) is 52.3 Å². The van der Waals surface area contributed by atoms with Crippen molar-refractivity contribution in [2.24, 2.45) is 0 Å². The van der Waals surface area contributed by atoms with Gasteiger partial charge in [0.2, 0.25) is 0 Å². The highest BCUT2D eigenvalue weighted by Gasteiger charge is 2.16. The number of halogens is 2. The molecule has 3 rings (SSSR count). The molecular formula is C17H23Cl2N3. The number of benzene rings is 2. The van der Waals surface area contributed by atoms with Gasteiger partial charge in [0, 0.05) is 44.1 Å². The van der Waals surface area contributed by atoms with E-state index in [1.165, 1.54) is 11.3 Å². The zero-order chi connectivity index (χ0) is 13.8. The molecule has 120 valence electrons. The van der Waals surface area contributed by atoms with Crippen LogP contribution in [-0.2, 0) is 6.54 Å². The third kappa shape index (κ3) is 4.80. The summed E-state index contributed by atoms with van der Waals surface area (Å²) in [5.41, 5.74) is 9.32. The summed E-state index contributed by atoms with van der Waals surface area (Å²) < 4.78 is 0. The summed E-state index contributed by atoms with van der Waals surface area (Å²) in [7, 11) is 0. The molecule has 1 fully saturated rings. The van der Waals surface area contributed by atoms with Crippen LogP contribution in [0.1, 0.15) is 5.56 Å². The topological polar surface area (TPSA) is 32.5 Å². The van der Waals surface area contributed by atoms with Crippen molar-refractivity contribution in [3.8, 4) is 0 Å². The lowest BCUT2D eigenvalue weighted by atomic mass is 10.1. The van der Waals surface area contributed by atoms with E-state index in [1.807, 2.05) is 12.1 Å². The Balaban J connectivity index is 0.00000121. The van der Waals surface area contributed by atoms with Crippen LogP contribution < -0.4 is 10.6 Å². The maximum absolute atomic E-state index is 5.84. The summed E-state index contributed by atoms with van der Waals surface area (Å²) in [6.07, 6.45) is 0. The van der Waals surface area contributed by atoms with E-state index in [9.17, 15) is 0 Å². The molecule has 1 heterocycles. The smallest absolute Gasteiger partial charge is 0.0367 e. The first-order valence-electron chi connectivity index (χ1n) is 7.18. The van der Waals surface area contributed by atoms with Crippen molar-refractivity contribution in [2.45, 2.75) is 6.54 Å². The molecule has 0 atom stereocenters. The lowest BCUT2D eigenvalue weighted by Gasteiger charge is -2.36. The van der Waals surface area contributed by atoms with Gasteiger partial charge < -0.3 is 10.6 Å². The summed E-state index contributed by atoms with van der Waals surface area (Å²) in [5.74, 6) is 0. The van der Waals surface area contributed by atoms with Gasteiger partial charge in [-0.25, -0.2) is 0 Å². The monoisotopic (exact) mass is 339 g/mol. The highest BCUT2D eigenvalue weighted by atomic mass is 35.5. The van der Waals surface area contributed by atoms with Crippen LogP contribution in [0.4, 0.5) is 11.4 Å². The minimum atomic E-state index is 0. The van der Waals surface area contributed by atoms with Crippen molar-refractivity contribution in [3.05, 3.63) is 60.2 Å². The molecule has 0 saturated carbocycles. The average molecular weight is 340 g/mol. The molecule has 1 saturated heterocycles. The van der Waals surface area contributed by atoms with Gasteiger partial charge in [0.25, 0.3) is 0 Å². The minimum Gasteiger partial charge on any atom is -0.399 e. The molecule has 2 N–H and O–H groups in total. The number of para-hydroxylation sites is 1. The third-order valence-corrected chi connectivity index (χ3v) is 3.85. The van der Waals surface area contributed by atoms with E-state index < -0.39 is 0 Å². The van der Waals surface area contributed by atoms with E-state index >= 15 is 0 Å². The number of hydrogen-bond donors (Lipinski definition) is 1. The molecule has 0 bridgehead atoms. The first kappa shape index (κ1) is 18.6. The Bertz CT molecular complexity index is 555. The van der Waals surface area contributed by atoms with E-state index in [0.717, 1.165) is 38.4 Å². The van der Waals surface area contributed by atoms with E-state index in [1.54, 1.807) is 0 Å². The Kier molecular flexibility index (Phi) is 7.52. The Morgan fingerprint density at radius 1 is 0.818 bits per heavy atom. The van der Waals surface area contributed by atoms with Gasteiger partial charge in [0.15, 0.2) is 0 Å². The number of hydrogen-bond acceptors (Lipinski definition) is 3. The SMILES string of the molecule is Cl.Cl.Nc1cccc(CN2CCN(c3ccccc3)CC2)c1. The van der Waals surface area contributed by atoms with E-state index in [4.69, 9.17) is 5.73 Å². The van der Waals surface area contributed by atoms with Gasteiger partial charge in [-0.1, -0.05) is 30.3 Å². The molecule has 5 heteroatoms. The molecule has 0 spiro atoms. The summed E-state index contributed by atoms with van der Waals surface area (Å²) in [4.78, 5) is 4.95. The second-order valence-corrected chi connectivity index (χ2v) is 5.34. The first-order chi connectivity index (χ1) is 9.81. The molecule has 0 unspecified atom stereocenters. The van der Waals surface area contributed by atoms with Gasteiger partial charge >= 0.3 is 0 Å². The number of nitrogens with two attached hydrogens (primary N) is 1. The molecule has 0 radical (unpaired) electrons. The number of anilines is 2. The minimum absolute atomic E-state index is 0. The highest BCUT2D eigenvalue weighted by Crippen LogP contribution is 2.17. The molecule has 1 aliphatic heterocycles. The van der Waals surface area contributed by atoms with Crippen LogP contribution in [0.5, 0.6) is 0 Å². The lowest BCUT2D eigenvalue weighted by molar-refractivity contribution is 0.250. The van der Waals surface area contributed by atoms with Gasteiger partial charge in [0.05, 0.1) is 0 Å². The van der Waals surface area contributed by atoms with Crippen molar-refractivity contribution < 1.29 is 0 Å². The van der Waals surface area contributed by atoms with Crippen LogP contribution in [-0.4, -0.2) is 31.1 Å². The summed E-state index contributed by atoms with van der Waals surface area (Å²) in [5, 5.41) is 0. The largest absolute Gasteiger partial charge is 0.399 e. The Morgan fingerprint density at radius 2 is 1.50 bits per heavy atom. The molecule has 2 aromatic carbocycles. The van der Waals surface area contributed by atoms with Gasteiger partial charge in [-0.2, -0.15) is 0 Å². The van der Waals surface area contributed by atoms with Gasteiger partial charge in [-0.15, -0.1) is 24.8 Å². The van der Waals surface area contributed by atoms with Gasteiger partial charge in [-0.3, -0.25) is 4.90 Å². The molecule has 0 aromatic heterocycles. The van der Waals surface area contributed by atoms with Crippen LogP contribution in [0, 0.1) is 0 Å². The van der Waals surface area contributed by atoms with Crippen LogP contribution in [0.15, 0.2) is 54.6 Å². The Morgan fingerprint density at radius 3 is 2.14 bits per heavy atom. The summed E-state index contributed by atoms with van der Waals surface area (Å²) >= 11 is 0. The molecular weight excluding hydrogens is 317 g/mol. The predicted molar refractivity (Wildman–Crippen MR) is 99.3 cm³/mol. The first-order valence-corrected chi connectivity index (χ1v) is 7.18. The quantitative estimate of drug-likeness (QED) is 0.869. The predicted octanol–water partition coefficient (Wildman–Crippen LogP) is 3.43. The number of nitrogen functional groups attached to an aromatic ring is 1. The zero-order valence-corrected chi connectivity index (χ0v) is 14.2. The van der Waals surface area contributed by atoms with Crippen LogP contribution in [0.3, 0.4) is 0 Å². The van der Waals surface area contributed by atoms with Gasteiger partial charge in [0.1, 0.15) is 0 Å².